The van der Waals surface area contributed by atoms with Crippen molar-refractivity contribution in [1.29, 1.82) is 0 Å². The van der Waals surface area contributed by atoms with E-state index in [1.807, 2.05) is 0 Å². The Kier molecular flexibility index (Phi) is 5.16. The first-order chi connectivity index (χ1) is 9.13. The maximum absolute atomic E-state index is 13.1. The van der Waals surface area contributed by atoms with Crippen LogP contribution in [0.4, 0.5) is 4.39 Å². The van der Waals surface area contributed by atoms with Gasteiger partial charge in [0, 0.05) is 32.8 Å². The highest BCUT2D eigenvalue weighted by Gasteiger charge is 2.27. The molecule has 3 nitrogen and oxygen atoms in total. The predicted octanol–water partition coefficient (Wildman–Crippen LogP) is 2.42. The lowest BCUT2D eigenvalue weighted by molar-refractivity contribution is 0.0102. The third kappa shape index (κ3) is 3.66. The molecule has 0 saturated carbocycles. The normalized spacial score (nSPS) is 24.6. The molecule has 1 saturated heterocycles. The summed E-state index contributed by atoms with van der Waals surface area (Å²) in [4.78, 5) is 2.32. The van der Waals surface area contributed by atoms with Crippen molar-refractivity contribution in [3.63, 3.8) is 0 Å². The third-order valence-corrected chi connectivity index (χ3v) is 4.05. The van der Waals surface area contributed by atoms with E-state index in [0.29, 0.717) is 18.7 Å². The van der Waals surface area contributed by atoms with E-state index >= 15 is 0 Å². The van der Waals surface area contributed by atoms with Crippen molar-refractivity contribution in [2.24, 2.45) is 5.73 Å². The van der Waals surface area contributed by atoms with Gasteiger partial charge in [-0.25, -0.2) is 4.39 Å². The minimum atomic E-state index is -0.376. The number of likely N-dealkylation sites (tertiary alicyclic amines) is 1. The molecule has 1 aromatic rings. The van der Waals surface area contributed by atoms with E-state index in [1.54, 1.807) is 19.2 Å². The maximum Gasteiger partial charge on any atom is 0.141 e. The minimum absolute atomic E-state index is 0.175. The maximum atomic E-state index is 13.1. The molecule has 0 amide bonds. The zero-order valence-corrected chi connectivity index (χ0v) is 11.9. The lowest BCUT2D eigenvalue weighted by atomic mass is 9.98. The Hall–Kier alpha value is -0.680. The summed E-state index contributed by atoms with van der Waals surface area (Å²) in [5, 5.41) is 0.175. The highest BCUT2D eigenvalue weighted by atomic mass is 35.5. The summed E-state index contributed by atoms with van der Waals surface area (Å²) in [5.74, 6) is -0.376. The van der Waals surface area contributed by atoms with E-state index in [1.165, 1.54) is 6.07 Å². The van der Waals surface area contributed by atoms with Crippen LogP contribution in [0, 0.1) is 5.82 Å². The second-order valence-corrected chi connectivity index (χ2v) is 5.40. The molecule has 1 aliphatic heterocycles. The van der Waals surface area contributed by atoms with E-state index in [0.717, 1.165) is 31.5 Å². The van der Waals surface area contributed by atoms with Crippen LogP contribution < -0.4 is 5.73 Å². The number of benzene rings is 1. The van der Waals surface area contributed by atoms with Crippen LogP contribution in [0.2, 0.25) is 5.02 Å². The third-order valence-electron chi connectivity index (χ3n) is 3.76. The molecule has 19 heavy (non-hydrogen) atoms. The quantitative estimate of drug-likeness (QED) is 0.924. The zero-order valence-electron chi connectivity index (χ0n) is 11.1. The molecule has 1 heterocycles. The van der Waals surface area contributed by atoms with Crippen molar-refractivity contribution in [3.05, 3.63) is 34.6 Å². The number of methoxy groups -OCH3 is 1. The molecule has 0 bridgehead atoms. The average molecular weight is 287 g/mol. The summed E-state index contributed by atoms with van der Waals surface area (Å²) in [7, 11) is 1.74. The summed E-state index contributed by atoms with van der Waals surface area (Å²) < 4.78 is 18.5. The van der Waals surface area contributed by atoms with E-state index in [-0.39, 0.29) is 10.8 Å². The molecule has 0 spiro atoms. The smallest absolute Gasteiger partial charge is 0.141 e. The molecule has 2 atom stereocenters. The molecule has 1 fully saturated rings. The summed E-state index contributed by atoms with van der Waals surface area (Å²) in [5.41, 5.74) is 6.85. The van der Waals surface area contributed by atoms with Crippen molar-refractivity contribution in [1.82, 2.24) is 4.90 Å². The second-order valence-electron chi connectivity index (χ2n) is 4.99. The highest BCUT2D eigenvalue weighted by Crippen LogP contribution is 2.23. The first kappa shape index (κ1) is 14.7. The molecule has 106 valence electrons. The molecule has 1 aliphatic rings. The van der Waals surface area contributed by atoms with Gasteiger partial charge in [-0.3, -0.25) is 4.90 Å². The summed E-state index contributed by atoms with van der Waals surface area (Å²) in [6.45, 7) is 2.29. The van der Waals surface area contributed by atoms with Gasteiger partial charge in [0.25, 0.3) is 0 Å². The van der Waals surface area contributed by atoms with Gasteiger partial charge in [0.1, 0.15) is 5.82 Å². The molecule has 2 rings (SSSR count). The standard InChI is InChI=1S/C14H20ClFN2O/c1-19-12-4-5-18(11(7-12)8-17)9-10-2-3-14(16)13(15)6-10/h2-3,6,11-12H,4-5,7-9,17H2,1H3. The van der Waals surface area contributed by atoms with Crippen LogP contribution in [0.3, 0.4) is 0 Å². The molecule has 1 aromatic carbocycles. The fraction of sp³-hybridized carbons (Fsp3) is 0.571. The largest absolute Gasteiger partial charge is 0.381 e. The van der Waals surface area contributed by atoms with Crippen LogP contribution in [0.5, 0.6) is 0 Å². The number of rotatable bonds is 4. The van der Waals surface area contributed by atoms with Crippen molar-refractivity contribution >= 4 is 11.6 Å². The van der Waals surface area contributed by atoms with E-state index < -0.39 is 0 Å². The Bertz CT molecular complexity index is 430. The van der Waals surface area contributed by atoms with E-state index in [2.05, 4.69) is 4.90 Å². The van der Waals surface area contributed by atoms with Crippen molar-refractivity contribution in [2.75, 3.05) is 20.2 Å². The van der Waals surface area contributed by atoms with E-state index in [4.69, 9.17) is 22.1 Å². The lowest BCUT2D eigenvalue weighted by Gasteiger charge is -2.38. The molecule has 2 unspecified atom stereocenters. The Morgan fingerprint density at radius 3 is 2.95 bits per heavy atom. The van der Waals surface area contributed by atoms with Gasteiger partial charge in [0.2, 0.25) is 0 Å². The van der Waals surface area contributed by atoms with Gasteiger partial charge < -0.3 is 10.5 Å². The summed E-state index contributed by atoms with van der Waals surface area (Å²) in [6.07, 6.45) is 2.24. The van der Waals surface area contributed by atoms with Gasteiger partial charge in [0.15, 0.2) is 0 Å². The van der Waals surface area contributed by atoms with Gasteiger partial charge >= 0.3 is 0 Å². The van der Waals surface area contributed by atoms with E-state index in [9.17, 15) is 4.39 Å². The molecule has 2 N–H and O–H groups in total. The Balaban J connectivity index is 2.03. The number of hydrogen-bond donors (Lipinski definition) is 1. The lowest BCUT2D eigenvalue weighted by Crippen LogP contribution is -2.47. The molecule has 5 heteroatoms. The van der Waals surface area contributed by atoms with Crippen molar-refractivity contribution in [2.45, 2.75) is 31.5 Å². The van der Waals surface area contributed by atoms with Crippen molar-refractivity contribution in [3.8, 4) is 0 Å². The number of hydrogen-bond acceptors (Lipinski definition) is 3. The van der Waals surface area contributed by atoms with Gasteiger partial charge in [-0.15, -0.1) is 0 Å². The number of ether oxygens (including phenoxy) is 1. The second kappa shape index (κ2) is 6.66. The van der Waals surface area contributed by atoms with Crippen LogP contribution in [0.25, 0.3) is 0 Å². The average Bonchev–Trinajstić information content (AvgIpc) is 2.43. The number of nitrogens with two attached hydrogens (primary N) is 1. The van der Waals surface area contributed by atoms with Gasteiger partial charge in [-0.1, -0.05) is 17.7 Å². The van der Waals surface area contributed by atoms with Crippen LogP contribution in [-0.2, 0) is 11.3 Å². The molecule has 0 radical (unpaired) electrons. The molecule has 0 aliphatic carbocycles. The summed E-state index contributed by atoms with van der Waals surface area (Å²) in [6, 6.07) is 5.18. The van der Waals surface area contributed by atoms with Crippen molar-refractivity contribution < 1.29 is 9.13 Å². The minimum Gasteiger partial charge on any atom is -0.381 e. The zero-order chi connectivity index (χ0) is 13.8. The Morgan fingerprint density at radius 1 is 1.53 bits per heavy atom. The van der Waals surface area contributed by atoms with Crippen LogP contribution >= 0.6 is 11.6 Å². The fourth-order valence-electron chi connectivity index (χ4n) is 2.60. The first-order valence-electron chi connectivity index (χ1n) is 6.55. The Morgan fingerprint density at radius 2 is 2.32 bits per heavy atom. The molecular formula is C14H20ClFN2O. The van der Waals surface area contributed by atoms with Crippen LogP contribution in [0.1, 0.15) is 18.4 Å². The number of piperidine rings is 1. The molecule has 0 aromatic heterocycles. The fourth-order valence-corrected chi connectivity index (χ4v) is 2.81. The monoisotopic (exact) mass is 286 g/mol. The topological polar surface area (TPSA) is 38.5 Å². The van der Waals surface area contributed by atoms with Crippen LogP contribution in [-0.4, -0.2) is 37.2 Å². The SMILES string of the molecule is COC1CCN(Cc2ccc(F)c(Cl)c2)C(CN)C1. The summed E-state index contributed by atoms with van der Waals surface area (Å²) >= 11 is 5.81. The predicted molar refractivity (Wildman–Crippen MR) is 74.7 cm³/mol. The number of halogens is 2. The van der Waals surface area contributed by atoms with Gasteiger partial charge in [0.05, 0.1) is 11.1 Å². The highest BCUT2D eigenvalue weighted by molar-refractivity contribution is 6.30. The van der Waals surface area contributed by atoms with Crippen LogP contribution in [0.15, 0.2) is 18.2 Å². The first-order valence-corrected chi connectivity index (χ1v) is 6.92. The number of nitrogens with zero attached hydrogens (tertiary/aromatic N) is 1. The Labute approximate surface area is 118 Å². The van der Waals surface area contributed by atoms with Gasteiger partial charge in [-0.2, -0.15) is 0 Å². The van der Waals surface area contributed by atoms with Gasteiger partial charge in [-0.05, 0) is 30.5 Å². The molecular weight excluding hydrogens is 267 g/mol.